The second-order valence-electron chi connectivity index (χ2n) is 3.00. The third-order valence-corrected chi connectivity index (χ3v) is 2.75. The molecule has 0 saturated heterocycles. The Morgan fingerprint density at radius 3 is 2.87 bits per heavy atom. The van der Waals surface area contributed by atoms with Crippen molar-refractivity contribution in [2.75, 3.05) is 6.54 Å². The van der Waals surface area contributed by atoms with E-state index in [0.717, 1.165) is 23.8 Å². The summed E-state index contributed by atoms with van der Waals surface area (Å²) in [4.78, 5) is 12.8. The van der Waals surface area contributed by atoms with Crippen molar-refractivity contribution in [2.45, 2.75) is 13.5 Å². The quantitative estimate of drug-likeness (QED) is 0.852. The van der Waals surface area contributed by atoms with E-state index in [1.54, 1.807) is 29.8 Å². The highest BCUT2D eigenvalue weighted by Gasteiger charge is 2.05. The maximum atomic E-state index is 4.45. The van der Waals surface area contributed by atoms with Crippen LogP contribution < -0.4 is 5.32 Å². The molecule has 2 rings (SSSR count). The molecule has 0 bridgehead atoms. The zero-order chi connectivity index (χ0) is 10.5. The minimum absolute atomic E-state index is 0.699. The second kappa shape index (κ2) is 4.95. The van der Waals surface area contributed by atoms with Crippen LogP contribution in [0.1, 0.15) is 12.6 Å². The average Bonchev–Trinajstić information content (AvgIpc) is 2.76. The summed E-state index contributed by atoms with van der Waals surface area (Å²) in [6, 6.07) is 1.80. The summed E-state index contributed by atoms with van der Waals surface area (Å²) in [5, 5.41) is 6.15. The number of nitrogens with one attached hydrogen (secondary N) is 1. The molecule has 1 N–H and O–H groups in total. The van der Waals surface area contributed by atoms with Crippen molar-refractivity contribution in [1.82, 2.24) is 20.3 Å². The molecule has 2 heterocycles. The first-order valence-electron chi connectivity index (χ1n) is 4.82. The molecule has 0 amide bonds. The van der Waals surface area contributed by atoms with E-state index in [4.69, 9.17) is 0 Å². The predicted octanol–water partition coefficient (Wildman–Crippen LogP) is 1.71. The van der Waals surface area contributed by atoms with E-state index in [1.807, 2.05) is 5.38 Å². The second-order valence-corrected chi connectivity index (χ2v) is 3.85. The molecule has 0 unspecified atom stereocenters. The molecule has 0 fully saturated rings. The van der Waals surface area contributed by atoms with Crippen molar-refractivity contribution in [3.63, 3.8) is 0 Å². The molecule has 78 valence electrons. The Morgan fingerprint density at radius 2 is 2.13 bits per heavy atom. The zero-order valence-corrected chi connectivity index (χ0v) is 9.29. The van der Waals surface area contributed by atoms with Gasteiger partial charge in [-0.05, 0) is 12.6 Å². The van der Waals surface area contributed by atoms with E-state index in [1.165, 1.54) is 0 Å². The van der Waals surface area contributed by atoms with E-state index in [0.29, 0.717) is 5.82 Å². The first kappa shape index (κ1) is 10.2. The Labute approximate surface area is 92.4 Å². The predicted molar refractivity (Wildman–Crippen MR) is 60.5 cm³/mol. The van der Waals surface area contributed by atoms with Gasteiger partial charge in [0, 0.05) is 24.3 Å². The van der Waals surface area contributed by atoms with Crippen LogP contribution >= 0.6 is 11.3 Å². The molecule has 2 aromatic heterocycles. The fraction of sp³-hybridized carbons (Fsp3) is 0.300. The average molecular weight is 220 g/mol. The lowest BCUT2D eigenvalue weighted by Crippen LogP contribution is -2.11. The van der Waals surface area contributed by atoms with Gasteiger partial charge in [0.15, 0.2) is 10.8 Å². The van der Waals surface area contributed by atoms with Crippen molar-refractivity contribution in [2.24, 2.45) is 0 Å². The third-order valence-electron chi connectivity index (χ3n) is 1.86. The number of thiazole rings is 1. The topological polar surface area (TPSA) is 50.7 Å². The Kier molecular flexibility index (Phi) is 3.37. The number of hydrogen-bond donors (Lipinski definition) is 1. The Balaban J connectivity index is 2.14. The Hall–Kier alpha value is -1.33. The summed E-state index contributed by atoms with van der Waals surface area (Å²) >= 11 is 1.58. The monoisotopic (exact) mass is 220 g/mol. The van der Waals surface area contributed by atoms with Gasteiger partial charge in [-0.3, -0.25) is 0 Å². The highest BCUT2D eigenvalue weighted by Crippen LogP contribution is 2.19. The minimum Gasteiger partial charge on any atom is -0.311 e. The largest absolute Gasteiger partial charge is 0.311 e. The third kappa shape index (κ3) is 2.57. The van der Waals surface area contributed by atoms with Gasteiger partial charge < -0.3 is 5.32 Å². The van der Waals surface area contributed by atoms with Gasteiger partial charge in [-0.15, -0.1) is 11.3 Å². The highest BCUT2D eigenvalue weighted by molar-refractivity contribution is 7.13. The van der Waals surface area contributed by atoms with Crippen LogP contribution in [0, 0.1) is 0 Å². The van der Waals surface area contributed by atoms with Crippen LogP contribution in [0.15, 0.2) is 23.8 Å². The van der Waals surface area contributed by atoms with Crippen molar-refractivity contribution < 1.29 is 0 Å². The Morgan fingerprint density at radius 1 is 1.33 bits per heavy atom. The van der Waals surface area contributed by atoms with Crippen LogP contribution in [-0.4, -0.2) is 21.5 Å². The number of hydrogen-bond acceptors (Lipinski definition) is 5. The van der Waals surface area contributed by atoms with Gasteiger partial charge in [0.25, 0.3) is 0 Å². The summed E-state index contributed by atoms with van der Waals surface area (Å²) in [6.07, 6.45) is 3.46. The lowest BCUT2D eigenvalue weighted by atomic mass is 10.5. The maximum Gasteiger partial charge on any atom is 0.188 e. The number of rotatable bonds is 4. The standard InChI is InChI=1S/C10H12N4S/c1-2-11-6-8-7-15-10(14-8)9-12-4-3-5-13-9/h3-5,7,11H,2,6H2,1H3. The lowest BCUT2D eigenvalue weighted by Gasteiger charge is -1.95. The van der Waals surface area contributed by atoms with E-state index in [9.17, 15) is 0 Å². The van der Waals surface area contributed by atoms with Crippen molar-refractivity contribution in [3.8, 4) is 10.8 Å². The van der Waals surface area contributed by atoms with E-state index < -0.39 is 0 Å². The van der Waals surface area contributed by atoms with Crippen LogP contribution in [0.5, 0.6) is 0 Å². The molecular weight excluding hydrogens is 208 g/mol. The number of aromatic nitrogens is 3. The van der Waals surface area contributed by atoms with Crippen LogP contribution in [0.4, 0.5) is 0 Å². The highest BCUT2D eigenvalue weighted by atomic mass is 32.1. The van der Waals surface area contributed by atoms with Gasteiger partial charge in [0.2, 0.25) is 0 Å². The molecule has 0 atom stereocenters. The molecule has 0 aliphatic heterocycles. The number of nitrogens with zero attached hydrogens (tertiary/aromatic N) is 3. The van der Waals surface area contributed by atoms with Crippen LogP contribution in [-0.2, 0) is 6.54 Å². The summed E-state index contributed by atoms with van der Waals surface area (Å²) in [5.74, 6) is 0.699. The SMILES string of the molecule is CCNCc1csc(-c2ncccn2)n1. The van der Waals surface area contributed by atoms with Gasteiger partial charge in [0.05, 0.1) is 5.69 Å². The van der Waals surface area contributed by atoms with Crippen molar-refractivity contribution in [3.05, 3.63) is 29.5 Å². The molecule has 15 heavy (non-hydrogen) atoms. The van der Waals surface area contributed by atoms with Crippen LogP contribution in [0.2, 0.25) is 0 Å². The fourth-order valence-electron chi connectivity index (χ4n) is 1.15. The molecular formula is C10H12N4S. The molecule has 0 spiro atoms. The van der Waals surface area contributed by atoms with Crippen LogP contribution in [0.25, 0.3) is 10.8 Å². The molecule has 0 radical (unpaired) electrons. The summed E-state index contributed by atoms with van der Waals surface area (Å²) in [5.41, 5.74) is 1.05. The van der Waals surface area contributed by atoms with Crippen LogP contribution in [0.3, 0.4) is 0 Å². The first-order chi connectivity index (χ1) is 7.40. The Bertz CT molecular complexity index is 412. The van der Waals surface area contributed by atoms with Gasteiger partial charge in [0.1, 0.15) is 0 Å². The van der Waals surface area contributed by atoms with Gasteiger partial charge >= 0.3 is 0 Å². The zero-order valence-electron chi connectivity index (χ0n) is 8.47. The van der Waals surface area contributed by atoms with E-state index >= 15 is 0 Å². The molecule has 0 aliphatic carbocycles. The maximum absolute atomic E-state index is 4.45. The summed E-state index contributed by atoms with van der Waals surface area (Å²) < 4.78 is 0. The minimum atomic E-state index is 0.699. The summed E-state index contributed by atoms with van der Waals surface area (Å²) in [7, 11) is 0. The molecule has 5 heteroatoms. The van der Waals surface area contributed by atoms with Crippen molar-refractivity contribution in [1.29, 1.82) is 0 Å². The normalized spacial score (nSPS) is 10.5. The van der Waals surface area contributed by atoms with Gasteiger partial charge in [-0.25, -0.2) is 15.0 Å². The molecule has 0 saturated carbocycles. The lowest BCUT2D eigenvalue weighted by molar-refractivity contribution is 0.714. The first-order valence-corrected chi connectivity index (χ1v) is 5.70. The molecule has 4 nitrogen and oxygen atoms in total. The van der Waals surface area contributed by atoms with E-state index in [2.05, 4.69) is 27.2 Å². The molecule has 2 aromatic rings. The summed E-state index contributed by atoms with van der Waals surface area (Å²) in [6.45, 7) is 3.84. The fourth-order valence-corrected chi connectivity index (χ4v) is 1.92. The van der Waals surface area contributed by atoms with Crippen molar-refractivity contribution >= 4 is 11.3 Å². The molecule has 0 aliphatic rings. The molecule has 0 aromatic carbocycles. The van der Waals surface area contributed by atoms with Gasteiger partial charge in [-0.2, -0.15) is 0 Å². The van der Waals surface area contributed by atoms with Gasteiger partial charge in [-0.1, -0.05) is 6.92 Å². The smallest absolute Gasteiger partial charge is 0.188 e. The van der Waals surface area contributed by atoms with E-state index in [-0.39, 0.29) is 0 Å².